The van der Waals surface area contributed by atoms with Crippen molar-refractivity contribution in [1.29, 1.82) is 0 Å². The van der Waals surface area contributed by atoms with Crippen LogP contribution in [-0.4, -0.2) is 25.8 Å². The van der Waals surface area contributed by atoms with Crippen LogP contribution in [0.3, 0.4) is 0 Å². The van der Waals surface area contributed by atoms with Gasteiger partial charge in [0, 0.05) is 30.1 Å². The second-order valence-corrected chi connectivity index (χ2v) is 3.69. The first-order valence-electron chi connectivity index (χ1n) is 5.38. The molecule has 0 bridgehead atoms. The third kappa shape index (κ3) is 2.69. The monoisotopic (exact) mass is 231 g/mol. The van der Waals surface area contributed by atoms with E-state index in [4.69, 9.17) is 5.11 Å². The van der Waals surface area contributed by atoms with Crippen molar-refractivity contribution in [3.05, 3.63) is 36.4 Å². The van der Waals surface area contributed by atoms with Crippen molar-refractivity contribution in [3.63, 3.8) is 0 Å². The van der Waals surface area contributed by atoms with Gasteiger partial charge in [-0.15, -0.1) is 0 Å². The molecular formula is C12H13N3O2. The SMILES string of the molecule is CCn1cc(-c2ccc(CC(=O)O)nc2)cn1. The van der Waals surface area contributed by atoms with Crippen LogP contribution < -0.4 is 0 Å². The van der Waals surface area contributed by atoms with E-state index in [0.717, 1.165) is 17.7 Å². The van der Waals surface area contributed by atoms with E-state index in [1.807, 2.05) is 23.9 Å². The largest absolute Gasteiger partial charge is 0.481 e. The Morgan fingerprint density at radius 3 is 2.71 bits per heavy atom. The van der Waals surface area contributed by atoms with Gasteiger partial charge in [0.15, 0.2) is 0 Å². The van der Waals surface area contributed by atoms with Crippen LogP contribution in [0.5, 0.6) is 0 Å². The maximum atomic E-state index is 10.5. The van der Waals surface area contributed by atoms with Gasteiger partial charge >= 0.3 is 5.97 Å². The predicted octanol–water partition coefficient (Wildman–Crippen LogP) is 1.59. The van der Waals surface area contributed by atoms with Gasteiger partial charge in [-0.1, -0.05) is 6.07 Å². The predicted molar refractivity (Wildman–Crippen MR) is 62.5 cm³/mol. The van der Waals surface area contributed by atoms with E-state index < -0.39 is 5.97 Å². The molecule has 1 N–H and O–H groups in total. The average Bonchev–Trinajstić information content (AvgIpc) is 2.78. The number of aromatic nitrogens is 3. The van der Waals surface area contributed by atoms with Crippen molar-refractivity contribution in [1.82, 2.24) is 14.8 Å². The van der Waals surface area contributed by atoms with Gasteiger partial charge in [0.1, 0.15) is 0 Å². The molecule has 2 aromatic rings. The minimum absolute atomic E-state index is 0.0471. The van der Waals surface area contributed by atoms with E-state index in [-0.39, 0.29) is 6.42 Å². The standard InChI is InChI=1S/C12H13N3O2/c1-2-15-8-10(7-14-15)9-3-4-11(13-6-9)5-12(16)17/h3-4,6-8H,2,5H2,1H3,(H,16,17). The fourth-order valence-corrected chi connectivity index (χ4v) is 1.54. The quantitative estimate of drug-likeness (QED) is 0.867. The van der Waals surface area contributed by atoms with Gasteiger partial charge in [0.05, 0.1) is 18.3 Å². The van der Waals surface area contributed by atoms with Crippen LogP contribution in [0.15, 0.2) is 30.7 Å². The Morgan fingerprint density at radius 1 is 1.35 bits per heavy atom. The summed E-state index contributed by atoms with van der Waals surface area (Å²) in [5, 5.41) is 12.8. The number of carboxylic acids is 1. The zero-order valence-electron chi connectivity index (χ0n) is 9.50. The van der Waals surface area contributed by atoms with Crippen LogP contribution in [0.2, 0.25) is 0 Å². The van der Waals surface area contributed by atoms with E-state index in [2.05, 4.69) is 10.1 Å². The molecule has 5 heteroatoms. The Morgan fingerprint density at radius 2 is 2.18 bits per heavy atom. The number of rotatable bonds is 4. The summed E-state index contributed by atoms with van der Waals surface area (Å²) in [5.74, 6) is -0.871. The first-order valence-corrected chi connectivity index (χ1v) is 5.38. The summed E-state index contributed by atoms with van der Waals surface area (Å²) in [6.45, 7) is 2.84. The highest BCUT2D eigenvalue weighted by Gasteiger charge is 2.04. The lowest BCUT2D eigenvalue weighted by Gasteiger charge is -1.99. The van der Waals surface area contributed by atoms with Crippen LogP contribution in [-0.2, 0) is 17.8 Å². The second kappa shape index (κ2) is 4.78. The van der Waals surface area contributed by atoms with E-state index in [1.165, 1.54) is 0 Å². The molecule has 0 aliphatic rings. The van der Waals surface area contributed by atoms with Crippen molar-refractivity contribution in [2.45, 2.75) is 19.9 Å². The summed E-state index contributed by atoms with van der Waals surface area (Å²) >= 11 is 0. The molecule has 0 aliphatic heterocycles. The lowest BCUT2D eigenvalue weighted by atomic mass is 10.1. The lowest BCUT2D eigenvalue weighted by Crippen LogP contribution is -2.01. The minimum Gasteiger partial charge on any atom is -0.481 e. The Hall–Kier alpha value is -2.17. The van der Waals surface area contributed by atoms with Crippen molar-refractivity contribution in [3.8, 4) is 11.1 Å². The molecule has 2 aromatic heterocycles. The second-order valence-electron chi connectivity index (χ2n) is 3.69. The van der Waals surface area contributed by atoms with Crippen molar-refractivity contribution in [2.24, 2.45) is 0 Å². The van der Waals surface area contributed by atoms with Crippen LogP contribution in [0.4, 0.5) is 0 Å². The number of nitrogens with zero attached hydrogens (tertiary/aromatic N) is 3. The molecule has 2 heterocycles. The zero-order valence-corrected chi connectivity index (χ0v) is 9.50. The normalized spacial score (nSPS) is 10.4. The van der Waals surface area contributed by atoms with E-state index >= 15 is 0 Å². The third-order valence-corrected chi connectivity index (χ3v) is 2.45. The molecule has 5 nitrogen and oxygen atoms in total. The van der Waals surface area contributed by atoms with Gasteiger partial charge < -0.3 is 5.11 Å². The first-order chi connectivity index (χ1) is 8.19. The number of carbonyl (C=O) groups is 1. The summed E-state index contributed by atoms with van der Waals surface area (Å²) in [6.07, 6.45) is 5.34. The molecule has 88 valence electrons. The van der Waals surface area contributed by atoms with Gasteiger partial charge in [-0.25, -0.2) is 0 Å². The molecule has 0 atom stereocenters. The maximum Gasteiger partial charge on any atom is 0.309 e. The van der Waals surface area contributed by atoms with Gasteiger partial charge in [0.25, 0.3) is 0 Å². The third-order valence-electron chi connectivity index (χ3n) is 2.45. The molecule has 2 rings (SSSR count). The molecule has 0 unspecified atom stereocenters. The molecule has 0 spiro atoms. The highest BCUT2D eigenvalue weighted by Crippen LogP contribution is 2.17. The summed E-state index contributed by atoms with van der Waals surface area (Å²) in [5.41, 5.74) is 2.49. The van der Waals surface area contributed by atoms with Gasteiger partial charge in [-0.3, -0.25) is 14.5 Å². The Labute approximate surface area is 98.7 Å². The van der Waals surface area contributed by atoms with Crippen molar-refractivity contribution < 1.29 is 9.90 Å². The zero-order chi connectivity index (χ0) is 12.3. The van der Waals surface area contributed by atoms with Crippen molar-refractivity contribution >= 4 is 5.97 Å². The van der Waals surface area contributed by atoms with E-state index in [0.29, 0.717) is 5.69 Å². The topological polar surface area (TPSA) is 68.0 Å². The van der Waals surface area contributed by atoms with Crippen LogP contribution in [0.1, 0.15) is 12.6 Å². The summed E-state index contributed by atoms with van der Waals surface area (Å²) < 4.78 is 1.83. The summed E-state index contributed by atoms with van der Waals surface area (Å²) in [6, 6.07) is 3.59. The van der Waals surface area contributed by atoms with Crippen LogP contribution >= 0.6 is 0 Å². The fourth-order valence-electron chi connectivity index (χ4n) is 1.54. The van der Waals surface area contributed by atoms with Crippen LogP contribution in [0.25, 0.3) is 11.1 Å². The molecule has 0 radical (unpaired) electrons. The molecule has 17 heavy (non-hydrogen) atoms. The Balaban J connectivity index is 2.19. The first kappa shape index (κ1) is 11.3. The van der Waals surface area contributed by atoms with Gasteiger partial charge in [-0.05, 0) is 13.0 Å². The highest BCUT2D eigenvalue weighted by molar-refractivity contribution is 5.70. The Kier molecular flexibility index (Phi) is 3.18. The maximum absolute atomic E-state index is 10.5. The van der Waals surface area contributed by atoms with E-state index in [9.17, 15) is 4.79 Å². The highest BCUT2D eigenvalue weighted by atomic mass is 16.4. The molecule has 0 amide bonds. The number of carboxylic acid groups (broad SMARTS) is 1. The lowest BCUT2D eigenvalue weighted by molar-refractivity contribution is -0.136. The number of hydrogen-bond donors (Lipinski definition) is 1. The number of pyridine rings is 1. The van der Waals surface area contributed by atoms with E-state index in [1.54, 1.807) is 18.5 Å². The molecule has 0 saturated carbocycles. The summed E-state index contributed by atoms with van der Waals surface area (Å²) in [4.78, 5) is 14.6. The molecule has 0 aromatic carbocycles. The minimum atomic E-state index is -0.871. The molecule has 0 aliphatic carbocycles. The van der Waals surface area contributed by atoms with Gasteiger partial charge in [-0.2, -0.15) is 5.10 Å². The van der Waals surface area contributed by atoms with Gasteiger partial charge in [0.2, 0.25) is 0 Å². The fraction of sp³-hybridized carbons (Fsp3) is 0.250. The smallest absolute Gasteiger partial charge is 0.309 e. The van der Waals surface area contributed by atoms with Crippen LogP contribution in [0, 0.1) is 0 Å². The number of hydrogen-bond acceptors (Lipinski definition) is 3. The number of aryl methyl sites for hydroxylation is 1. The Bertz CT molecular complexity index is 517. The average molecular weight is 231 g/mol. The summed E-state index contributed by atoms with van der Waals surface area (Å²) in [7, 11) is 0. The van der Waals surface area contributed by atoms with Crippen molar-refractivity contribution in [2.75, 3.05) is 0 Å². The molecule has 0 saturated heterocycles. The molecular weight excluding hydrogens is 218 g/mol. The number of aliphatic carboxylic acids is 1. The molecule has 0 fully saturated rings.